The van der Waals surface area contributed by atoms with Crippen LogP contribution in [0.1, 0.15) is 16.8 Å². The topological polar surface area (TPSA) is 111 Å². The molecule has 1 amide bonds. The average Bonchev–Trinajstić information content (AvgIpc) is 3.23. The molecule has 0 saturated carbocycles. The molecule has 0 saturated heterocycles. The Morgan fingerprint density at radius 2 is 1.87 bits per heavy atom. The van der Waals surface area contributed by atoms with E-state index in [1.54, 1.807) is 35.9 Å². The van der Waals surface area contributed by atoms with Gasteiger partial charge in [0, 0.05) is 18.3 Å². The molecule has 150 valence electrons. The van der Waals surface area contributed by atoms with Crippen LogP contribution >= 0.6 is 0 Å². The number of nitrogens with zero attached hydrogens (tertiary/aromatic N) is 3. The lowest BCUT2D eigenvalue weighted by Crippen LogP contribution is -2.46. The summed E-state index contributed by atoms with van der Waals surface area (Å²) in [5.74, 6) is -0.347. The van der Waals surface area contributed by atoms with Gasteiger partial charge >= 0.3 is 5.70 Å². The third-order valence-electron chi connectivity index (χ3n) is 5.49. The van der Waals surface area contributed by atoms with E-state index in [4.69, 9.17) is 4.74 Å². The zero-order valence-electron chi connectivity index (χ0n) is 16.2. The summed E-state index contributed by atoms with van der Waals surface area (Å²) in [7, 11) is 1.52. The van der Waals surface area contributed by atoms with Crippen LogP contribution in [-0.4, -0.2) is 27.7 Å². The fourth-order valence-corrected chi connectivity index (χ4v) is 4.34. The predicted molar refractivity (Wildman–Crippen MR) is 108 cm³/mol. The van der Waals surface area contributed by atoms with Gasteiger partial charge in [0.2, 0.25) is 11.3 Å². The quantitative estimate of drug-likeness (QED) is 0.513. The highest BCUT2D eigenvalue weighted by Gasteiger charge is 2.64. The molecule has 2 aromatic carbocycles. The summed E-state index contributed by atoms with van der Waals surface area (Å²) in [5, 5.41) is 22.4. The highest BCUT2D eigenvalue weighted by atomic mass is 16.6. The summed E-state index contributed by atoms with van der Waals surface area (Å²) in [5.41, 5.74) is 0.504. The standard InChI is InChI=1S/C21H17N5O4/c1-12-16-19(25(24-12)13-8-4-3-5-9-13)30-18(22-2)17(26(28)29)21(16)14-10-6-7-11-15(14)23-20(21)27/h3-11,22H,1-2H3,(H,23,27). The van der Waals surface area contributed by atoms with Crippen LogP contribution in [-0.2, 0) is 10.2 Å². The predicted octanol–water partition coefficient (Wildman–Crippen LogP) is 2.48. The van der Waals surface area contributed by atoms with Crippen LogP contribution < -0.4 is 15.4 Å². The van der Waals surface area contributed by atoms with E-state index in [0.29, 0.717) is 28.2 Å². The van der Waals surface area contributed by atoms with Crippen molar-refractivity contribution in [1.29, 1.82) is 0 Å². The normalized spacial score (nSPS) is 19.2. The molecule has 0 fully saturated rings. The second kappa shape index (κ2) is 6.18. The molecule has 1 atom stereocenters. The molecule has 3 heterocycles. The largest absolute Gasteiger partial charge is 0.416 e. The van der Waals surface area contributed by atoms with E-state index in [9.17, 15) is 14.9 Å². The number of hydrogen-bond acceptors (Lipinski definition) is 6. The number of rotatable bonds is 3. The second-order valence-corrected chi connectivity index (χ2v) is 7.05. The van der Waals surface area contributed by atoms with Gasteiger partial charge in [-0.05, 0) is 25.1 Å². The maximum absolute atomic E-state index is 13.5. The number of anilines is 1. The Morgan fingerprint density at radius 1 is 1.17 bits per heavy atom. The zero-order valence-corrected chi connectivity index (χ0v) is 16.2. The Kier molecular flexibility index (Phi) is 3.69. The van der Waals surface area contributed by atoms with Gasteiger partial charge in [0.15, 0.2) is 0 Å². The monoisotopic (exact) mass is 403 g/mol. The Labute approximate surface area is 171 Å². The summed E-state index contributed by atoms with van der Waals surface area (Å²) < 4.78 is 7.52. The van der Waals surface area contributed by atoms with Gasteiger partial charge in [-0.2, -0.15) is 5.10 Å². The van der Waals surface area contributed by atoms with E-state index in [2.05, 4.69) is 15.7 Å². The minimum atomic E-state index is -1.69. The van der Waals surface area contributed by atoms with Crippen molar-refractivity contribution in [3.8, 4) is 11.6 Å². The van der Waals surface area contributed by atoms with Crippen molar-refractivity contribution in [1.82, 2.24) is 15.1 Å². The highest BCUT2D eigenvalue weighted by Crippen LogP contribution is 2.54. The van der Waals surface area contributed by atoms with Crippen molar-refractivity contribution >= 4 is 11.6 Å². The van der Waals surface area contributed by atoms with Crippen molar-refractivity contribution in [2.45, 2.75) is 12.3 Å². The Bertz CT molecular complexity index is 1250. The van der Waals surface area contributed by atoms with Crippen LogP contribution in [0.2, 0.25) is 0 Å². The minimum Gasteiger partial charge on any atom is -0.416 e. The van der Waals surface area contributed by atoms with Crippen LogP contribution in [0.5, 0.6) is 5.88 Å². The first-order chi connectivity index (χ1) is 14.5. The molecule has 9 nitrogen and oxygen atoms in total. The SMILES string of the molecule is CNC1=C([N+](=O)[O-])C2(C(=O)Nc3ccccc32)c2c(C)nn(-c3ccccc3)c2O1. The van der Waals surface area contributed by atoms with Gasteiger partial charge in [0.05, 0.1) is 21.9 Å². The molecule has 0 aliphatic carbocycles. The molecule has 1 unspecified atom stereocenters. The number of para-hydroxylation sites is 2. The molecule has 3 aromatic rings. The number of benzene rings is 2. The summed E-state index contributed by atoms with van der Waals surface area (Å²) in [4.78, 5) is 25.2. The highest BCUT2D eigenvalue weighted by molar-refractivity contribution is 6.11. The molecular formula is C21H17N5O4. The third kappa shape index (κ3) is 2.11. The van der Waals surface area contributed by atoms with Crippen LogP contribution in [0, 0.1) is 17.0 Å². The number of nitrogens with one attached hydrogen (secondary N) is 2. The molecule has 2 N–H and O–H groups in total. The third-order valence-corrected chi connectivity index (χ3v) is 5.49. The van der Waals surface area contributed by atoms with Crippen molar-refractivity contribution in [3.05, 3.63) is 93.1 Å². The van der Waals surface area contributed by atoms with E-state index in [0.717, 1.165) is 0 Å². The molecule has 2 aliphatic rings. The number of hydrogen-bond donors (Lipinski definition) is 2. The number of aromatic nitrogens is 2. The Morgan fingerprint density at radius 3 is 2.57 bits per heavy atom. The molecular weight excluding hydrogens is 386 g/mol. The maximum Gasteiger partial charge on any atom is 0.330 e. The number of carbonyl (C=O) groups excluding carboxylic acids is 1. The van der Waals surface area contributed by atoms with Crippen LogP contribution in [0.25, 0.3) is 5.69 Å². The van der Waals surface area contributed by atoms with Gasteiger partial charge in [-0.25, -0.2) is 4.68 Å². The van der Waals surface area contributed by atoms with Crippen molar-refractivity contribution < 1.29 is 14.5 Å². The van der Waals surface area contributed by atoms with E-state index in [1.807, 2.05) is 30.3 Å². The van der Waals surface area contributed by atoms with Crippen LogP contribution in [0.15, 0.2) is 66.2 Å². The number of ether oxygens (including phenoxy) is 1. The number of aryl methyl sites for hydroxylation is 1. The zero-order chi connectivity index (χ0) is 21.0. The van der Waals surface area contributed by atoms with E-state index in [-0.39, 0.29) is 17.5 Å². The molecule has 5 rings (SSSR count). The molecule has 1 aromatic heterocycles. The lowest BCUT2D eigenvalue weighted by atomic mass is 9.71. The summed E-state index contributed by atoms with van der Waals surface area (Å²) in [6.07, 6.45) is 0. The fourth-order valence-electron chi connectivity index (χ4n) is 4.34. The Balaban J connectivity index is 1.92. The van der Waals surface area contributed by atoms with Gasteiger partial charge in [-0.15, -0.1) is 0 Å². The molecule has 2 aliphatic heterocycles. The number of fused-ring (bicyclic) bond motifs is 4. The van der Waals surface area contributed by atoms with Crippen LogP contribution in [0.3, 0.4) is 0 Å². The minimum absolute atomic E-state index is 0.101. The van der Waals surface area contributed by atoms with Crippen molar-refractivity contribution in [2.24, 2.45) is 0 Å². The Hall–Kier alpha value is -4.14. The van der Waals surface area contributed by atoms with Gasteiger partial charge < -0.3 is 15.4 Å². The maximum atomic E-state index is 13.5. The lowest BCUT2D eigenvalue weighted by Gasteiger charge is -2.30. The van der Waals surface area contributed by atoms with E-state index in [1.165, 1.54) is 7.05 Å². The summed E-state index contributed by atoms with van der Waals surface area (Å²) in [6, 6.07) is 16.2. The molecule has 0 radical (unpaired) electrons. The average molecular weight is 403 g/mol. The number of carbonyl (C=O) groups is 1. The van der Waals surface area contributed by atoms with Gasteiger partial charge in [0.25, 0.3) is 11.8 Å². The van der Waals surface area contributed by atoms with Gasteiger partial charge in [0.1, 0.15) is 0 Å². The first kappa shape index (κ1) is 17.9. The lowest BCUT2D eigenvalue weighted by molar-refractivity contribution is -0.436. The van der Waals surface area contributed by atoms with E-state index >= 15 is 0 Å². The molecule has 1 spiro atoms. The first-order valence-electron chi connectivity index (χ1n) is 9.31. The molecule has 0 bridgehead atoms. The number of amides is 1. The van der Waals surface area contributed by atoms with E-state index < -0.39 is 16.2 Å². The smallest absolute Gasteiger partial charge is 0.330 e. The van der Waals surface area contributed by atoms with Gasteiger partial charge in [-0.1, -0.05) is 36.4 Å². The fraction of sp³-hybridized carbons (Fsp3) is 0.143. The van der Waals surface area contributed by atoms with Crippen molar-refractivity contribution in [3.63, 3.8) is 0 Å². The first-order valence-corrected chi connectivity index (χ1v) is 9.31. The van der Waals surface area contributed by atoms with Crippen LogP contribution in [0.4, 0.5) is 5.69 Å². The van der Waals surface area contributed by atoms with Crippen molar-refractivity contribution in [2.75, 3.05) is 12.4 Å². The molecule has 30 heavy (non-hydrogen) atoms. The molecule has 9 heteroatoms. The summed E-state index contributed by atoms with van der Waals surface area (Å²) >= 11 is 0. The van der Waals surface area contributed by atoms with Gasteiger partial charge in [-0.3, -0.25) is 14.9 Å². The second-order valence-electron chi connectivity index (χ2n) is 7.05. The number of nitro groups is 1. The summed E-state index contributed by atoms with van der Waals surface area (Å²) in [6.45, 7) is 1.72.